The van der Waals surface area contributed by atoms with Crippen LogP contribution in [0.2, 0.25) is 0 Å². The maximum absolute atomic E-state index is 12.6. The van der Waals surface area contributed by atoms with E-state index in [2.05, 4.69) is 10.1 Å². The second-order valence-electron chi connectivity index (χ2n) is 6.85. The van der Waals surface area contributed by atoms with Crippen molar-refractivity contribution in [1.29, 1.82) is 0 Å². The SMILES string of the molecule is COC(=O)CCCNC(=O)COC(=O)[C@H](C(C)C)N1C(=O)c2ccccc2C1=O. The fourth-order valence-electron chi connectivity index (χ4n) is 2.97. The molecule has 1 aromatic carbocycles. The van der Waals surface area contributed by atoms with Crippen LogP contribution < -0.4 is 5.32 Å². The van der Waals surface area contributed by atoms with Crippen LogP contribution in [0.15, 0.2) is 24.3 Å². The van der Waals surface area contributed by atoms with E-state index in [1.165, 1.54) is 19.2 Å². The maximum atomic E-state index is 12.6. The zero-order valence-electron chi connectivity index (χ0n) is 16.6. The summed E-state index contributed by atoms with van der Waals surface area (Å²) in [6, 6.07) is 5.19. The Labute approximate surface area is 168 Å². The van der Waals surface area contributed by atoms with E-state index in [0.29, 0.717) is 6.42 Å². The van der Waals surface area contributed by atoms with Crippen LogP contribution in [0.1, 0.15) is 47.4 Å². The van der Waals surface area contributed by atoms with Crippen molar-refractivity contribution in [3.05, 3.63) is 35.4 Å². The Kier molecular flexibility index (Phi) is 7.46. The lowest BCUT2D eigenvalue weighted by atomic mass is 10.0. The average Bonchev–Trinajstić information content (AvgIpc) is 2.95. The molecule has 1 N–H and O–H groups in total. The van der Waals surface area contributed by atoms with Crippen LogP contribution in [0.4, 0.5) is 0 Å². The molecule has 9 nitrogen and oxygen atoms in total. The molecule has 1 heterocycles. The summed E-state index contributed by atoms with van der Waals surface area (Å²) in [5, 5.41) is 2.52. The molecule has 29 heavy (non-hydrogen) atoms. The Morgan fingerprint density at radius 3 is 2.17 bits per heavy atom. The van der Waals surface area contributed by atoms with E-state index in [1.807, 2.05) is 0 Å². The molecule has 1 aliphatic heterocycles. The number of ether oxygens (including phenoxy) is 2. The number of carbonyl (C=O) groups is 5. The molecule has 0 unspecified atom stereocenters. The smallest absolute Gasteiger partial charge is 0.330 e. The molecule has 1 aliphatic rings. The number of fused-ring (bicyclic) bond motifs is 1. The monoisotopic (exact) mass is 404 g/mol. The van der Waals surface area contributed by atoms with E-state index in [4.69, 9.17) is 4.74 Å². The molecule has 1 aromatic rings. The van der Waals surface area contributed by atoms with Gasteiger partial charge in [0, 0.05) is 13.0 Å². The first-order chi connectivity index (χ1) is 13.8. The number of amides is 3. The summed E-state index contributed by atoms with van der Waals surface area (Å²) in [4.78, 5) is 61.6. The van der Waals surface area contributed by atoms with Crippen LogP contribution in [0.3, 0.4) is 0 Å². The number of nitrogens with zero attached hydrogens (tertiary/aromatic N) is 1. The van der Waals surface area contributed by atoms with Gasteiger partial charge in [0.15, 0.2) is 6.61 Å². The zero-order chi connectivity index (χ0) is 21.6. The van der Waals surface area contributed by atoms with Crippen LogP contribution in [-0.4, -0.2) is 60.9 Å². The molecule has 0 saturated heterocycles. The van der Waals surface area contributed by atoms with Crippen molar-refractivity contribution in [1.82, 2.24) is 10.2 Å². The standard InChI is InChI=1S/C20H24N2O7/c1-12(2)17(22-18(25)13-7-4-5-8-14(13)19(22)26)20(27)29-11-15(23)21-10-6-9-16(24)28-3/h4-5,7-8,12,17H,6,9-11H2,1-3H3,(H,21,23)/t17-/m0/s1. The number of methoxy groups -OCH3 is 1. The summed E-state index contributed by atoms with van der Waals surface area (Å²) in [5.74, 6) is -3.30. The van der Waals surface area contributed by atoms with E-state index >= 15 is 0 Å². The number of benzene rings is 1. The second-order valence-corrected chi connectivity index (χ2v) is 6.85. The zero-order valence-corrected chi connectivity index (χ0v) is 16.6. The lowest BCUT2D eigenvalue weighted by molar-refractivity contribution is -0.153. The summed E-state index contributed by atoms with van der Waals surface area (Å²) >= 11 is 0. The predicted octanol–water partition coefficient (Wildman–Crippen LogP) is 0.920. The summed E-state index contributed by atoms with van der Waals surface area (Å²) in [6.45, 7) is 3.03. The van der Waals surface area contributed by atoms with Crippen molar-refractivity contribution >= 4 is 29.7 Å². The number of rotatable bonds is 9. The van der Waals surface area contributed by atoms with Gasteiger partial charge < -0.3 is 14.8 Å². The van der Waals surface area contributed by atoms with E-state index in [9.17, 15) is 24.0 Å². The molecule has 9 heteroatoms. The van der Waals surface area contributed by atoms with Gasteiger partial charge in [0.25, 0.3) is 17.7 Å². The van der Waals surface area contributed by atoms with Crippen LogP contribution in [0.25, 0.3) is 0 Å². The number of nitrogens with one attached hydrogen (secondary N) is 1. The first-order valence-corrected chi connectivity index (χ1v) is 9.25. The van der Waals surface area contributed by atoms with Gasteiger partial charge in [-0.1, -0.05) is 26.0 Å². The van der Waals surface area contributed by atoms with Crippen molar-refractivity contribution in [2.75, 3.05) is 20.3 Å². The molecule has 0 radical (unpaired) electrons. The van der Waals surface area contributed by atoms with Gasteiger partial charge in [0.2, 0.25) is 0 Å². The number of hydrogen-bond acceptors (Lipinski definition) is 7. The first kappa shape index (κ1) is 22.1. The number of carbonyl (C=O) groups excluding carboxylic acids is 5. The predicted molar refractivity (Wildman–Crippen MR) is 101 cm³/mol. The van der Waals surface area contributed by atoms with E-state index in [0.717, 1.165) is 4.90 Å². The highest BCUT2D eigenvalue weighted by atomic mass is 16.5. The molecular formula is C20H24N2O7. The van der Waals surface area contributed by atoms with Gasteiger partial charge in [-0.15, -0.1) is 0 Å². The molecule has 2 rings (SSSR count). The number of esters is 2. The van der Waals surface area contributed by atoms with Gasteiger partial charge in [-0.25, -0.2) is 4.79 Å². The van der Waals surface area contributed by atoms with Gasteiger partial charge in [0.05, 0.1) is 18.2 Å². The van der Waals surface area contributed by atoms with E-state index in [1.54, 1.807) is 26.0 Å². The molecule has 0 aromatic heterocycles. The normalized spacial score (nSPS) is 13.9. The molecule has 0 fully saturated rings. The summed E-state index contributed by atoms with van der Waals surface area (Å²) in [6.07, 6.45) is 0.543. The Hall–Kier alpha value is -3.23. The number of imide groups is 1. The molecule has 0 saturated carbocycles. The van der Waals surface area contributed by atoms with Crippen LogP contribution >= 0.6 is 0 Å². The lowest BCUT2D eigenvalue weighted by Crippen LogP contribution is -2.49. The van der Waals surface area contributed by atoms with Crippen LogP contribution in [-0.2, 0) is 23.9 Å². The van der Waals surface area contributed by atoms with Crippen molar-refractivity contribution in [3.63, 3.8) is 0 Å². The number of hydrogen-bond donors (Lipinski definition) is 1. The Morgan fingerprint density at radius 1 is 1.07 bits per heavy atom. The van der Waals surface area contributed by atoms with Crippen molar-refractivity contribution in [2.45, 2.75) is 32.7 Å². The molecule has 1 atom stereocenters. The van der Waals surface area contributed by atoms with Crippen molar-refractivity contribution < 1.29 is 33.4 Å². The molecular weight excluding hydrogens is 380 g/mol. The van der Waals surface area contributed by atoms with Gasteiger partial charge in [0.1, 0.15) is 6.04 Å². The maximum Gasteiger partial charge on any atom is 0.330 e. The molecule has 0 aliphatic carbocycles. The van der Waals surface area contributed by atoms with Crippen molar-refractivity contribution in [2.24, 2.45) is 5.92 Å². The minimum Gasteiger partial charge on any atom is -0.469 e. The fraction of sp³-hybridized carbons (Fsp3) is 0.450. The molecule has 0 spiro atoms. The van der Waals surface area contributed by atoms with Gasteiger partial charge in [-0.2, -0.15) is 0 Å². The summed E-state index contributed by atoms with van der Waals surface area (Å²) < 4.78 is 9.54. The third-order valence-electron chi connectivity index (χ3n) is 4.43. The highest BCUT2D eigenvalue weighted by Gasteiger charge is 2.44. The average molecular weight is 404 g/mol. The van der Waals surface area contributed by atoms with Gasteiger partial charge in [-0.3, -0.25) is 24.1 Å². The fourth-order valence-corrected chi connectivity index (χ4v) is 2.97. The second kappa shape index (κ2) is 9.81. The van der Waals surface area contributed by atoms with E-state index < -0.39 is 42.3 Å². The van der Waals surface area contributed by atoms with Crippen LogP contribution in [0, 0.1) is 5.92 Å². The highest BCUT2D eigenvalue weighted by Crippen LogP contribution is 2.27. The minimum absolute atomic E-state index is 0.158. The lowest BCUT2D eigenvalue weighted by Gasteiger charge is -2.27. The highest BCUT2D eigenvalue weighted by molar-refractivity contribution is 6.22. The Bertz CT molecular complexity index is 784. The quantitative estimate of drug-likeness (QED) is 0.369. The third kappa shape index (κ3) is 5.18. The van der Waals surface area contributed by atoms with Gasteiger partial charge in [-0.05, 0) is 24.5 Å². The van der Waals surface area contributed by atoms with E-state index in [-0.39, 0.29) is 30.1 Å². The van der Waals surface area contributed by atoms with Crippen LogP contribution in [0.5, 0.6) is 0 Å². The first-order valence-electron chi connectivity index (χ1n) is 9.25. The third-order valence-corrected chi connectivity index (χ3v) is 4.43. The molecule has 0 bridgehead atoms. The van der Waals surface area contributed by atoms with Gasteiger partial charge >= 0.3 is 11.9 Å². The topological polar surface area (TPSA) is 119 Å². The Morgan fingerprint density at radius 2 is 1.66 bits per heavy atom. The summed E-state index contributed by atoms with van der Waals surface area (Å²) in [7, 11) is 1.28. The summed E-state index contributed by atoms with van der Waals surface area (Å²) in [5.41, 5.74) is 0.471. The molecule has 156 valence electrons. The molecule has 3 amide bonds. The van der Waals surface area contributed by atoms with Crippen molar-refractivity contribution in [3.8, 4) is 0 Å². The largest absolute Gasteiger partial charge is 0.469 e. The minimum atomic E-state index is -1.14. The Balaban J connectivity index is 1.94.